The molecule has 0 aliphatic heterocycles. The molecular weight excluding hydrogens is 454 g/mol. The van der Waals surface area contributed by atoms with Gasteiger partial charge in [-0.2, -0.15) is 0 Å². The number of aryl methyl sites for hydroxylation is 1. The molecule has 7 heteroatoms. The van der Waals surface area contributed by atoms with Crippen LogP contribution in [0.2, 0.25) is 5.02 Å². The van der Waals surface area contributed by atoms with E-state index in [1.807, 2.05) is 50.2 Å². The van der Waals surface area contributed by atoms with E-state index in [1.54, 1.807) is 36.3 Å². The SMILES string of the molecule is CCN(Cc1ccc(C)cc1-c1cc(CC(=O)O)ccc1OC)C(=O)OCc1ccc(Cl)cc1. The predicted molar refractivity (Wildman–Crippen MR) is 132 cm³/mol. The third-order valence-electron chi connectivity index (χ3n) is 5.45. The molecule has 6 nitrogen and oxygen atoms in total. The van der Waals surface area contributed by atoms with E-state index in [-0.39, 0.29) is 13.0 Å². The van der Waals surface area contributed by atoms with Gasteiger partial charge in [-0.15, -0.1) is 0 Å². The van der Waals surface area contributed by atoms with E-state index in [1.165, 1.54) is 0 Å². The molecule has 3 aromatic rings. The molecule has 0 radical (unpaired) electrons. The molecule has 34 heavy (non-hydrogen) atoms. The second-order valence-electron chi connectivity index (χ2n) is 7.96. The van der Waals surface area contributed by atoms with Crippen LogP contribution in [0.15, 0.2) is 60.7 Å². The number of methoxy groups -OCH3 is 1. The highest BCUT2D eigenvalue weighted by Gasteiger charge is 2.18. The molecule has 178 valence electrons. The first-order valence-corrected chi connectivity index (χ1v) is 11.3. The largest absolute Gasteiger partial charge is 0.496 e. The van der Waals surface area contributed by atoms with Gasteiger partial charge in [-0.1, -0.05) is 53.6 Å². The Morgan fingerprint density at radius 3 is 2.32 bits per heavy atom. The molecule has 0 fully saturated rings. The summed E-state index contributed by atoms with van der Waals surface area (Å²) < 4.78 is 11.1. The summed E-state index contributed by atoms with van der Waals surface area (Å²) >= 11 is 5.92. The molecular formula is C27H28ClNO5. The fraction of sp³-hybridized carbons (Fsp3) is 0.259. The molecule has 0 unspecified atom stereocenters. The van der Waals surface area contributed by atoms with Gasteiger partial charge in [0.15, 0.2) is 0 Å². The van der Waals surface area contributed by atoms with Gasteiger partial charge in [0, 0.05) is 23.7 Å². The molecule has 0 aliphatic rings. The first-order valence-electron chi connectivity index (χ1n) is 11.0. The number of carboxylic acids is 1. The van der Waals surface area contributed by atoms with Crippen LogP contribution in [0.25, 0.3) is 11.1 Å². The van der Waals surface area contributed by atoms with Crippen molar-refractivity contribution in [1.82, 2.24) is 4.90 Å². The average Bonchev–Trinajstić information content (AvgIpc) is 2.82. The van der Waals surface area contributed by atoms with Crippen LogP contribution in [-0.2, 0) is 29.1 Å². The van der Waals surface area contributed by atoms with Crippen LogP contribution in [0.3, 0.4) is 0 Å². The van der Waals surface area contributed by atoms with Crippen molar-refractivity contribution in [3.05, 3.63) is 87.9 Å². The van der Waals surface area contributed by atoms with Gasteiger partial charge in [0.2, 0.25) is 0 Å². The van der Waals surface area contributed by atoms with Crippen molar-refractivity contribution in [3.63, 3.8) is 0 Å². The molecule has 0 aliphatic carbocycles. The number of carbonyl (C=O) groups is 2. The lowest BCUT2D eigenvalue weighted by atomic mass is 9.94. The van der Waals surface area contributed by atoms with Crippen molar-refractivity contribution in [2.75, 3.05) is 13.7 Å². The minimum atomic E-state index is -0.902. The molecule has 3 rings (SSSR count). The molecule has 0 spiro atoms. The van der Waals surface area contributed by atoms with Gasteiger partial charge >= 0.3 is 12.1 Å². The Hall–Kier alpha value is -3.51. The number of carbonyl (C=O) groups excluding carboxylic acids is 1. The summed E-state index contributed by atoms with van der Waals surface area (Å²) in [6.45, 7) is 4.82. The number of nitrogens with zero attached hydrogens (tertiary/aromatic N) is 1. The third kappa shape index (κ3) is 6.51. The Bertz CT molecular complexity index is 1160. The van der Waals surface area contributed by atoms with Gasteiger partial charge in [-0.3, -0.25) is 4.79 Å². The average molecular weight is 482 g/mol. The highest BCUT2D eigenvalue weighted by Crippen LogP contribution is 2.35. The minimum Gasteiger partial charge on any atom is -0.496 e. The molecule has 0 aromatic heterocycles. The second-order valence-corrected chi connectivity index (χ2v) is 8.40. The Morgan fingerprint density at radius 2 is 1.68 bits per heavy atom. The summed E-state index contributed by atoms with van der Waals surface area (Å²) in [5.74, 6) is -0.268. The lowest BCUT2D eigenvalue weighted by molar-refractivity contribution is -0.136. The summed E-state index contributed by atoms with van der Waals surface area (Å²) in [4.78, 5) is 25.7. The van der Waals surface area contributed by atoms with Crippen molar-refractivity contribution in [1.29, 1.82) is 0 Å². The second kappa shape index (κ2) is 11.6. The smallest absolute Gasteiger partial charge is 0.410 e. The number of hydrogen-bond acceptors (Lipinski definition) is 4. The highest BCUT2D eigenvalue weighted by atomic mass is 35.5. The van der Waals surface area contributed by atoms with Crippen LogP contribution < -0.4 is 4.74 Å². The van der Waals surface area contributed by atoms with Crippen molar-refractivity contribution in [3.8, 4) is 16.9 Å². The molecule has 0 bridgehead atoms. The zero-order valence-electron chi connectivity index (χ0n) is 19.5. The molecule has 0 saturated heterocycles. The Kier molecular flexibility index (Phi) is 8.55. The maximum absolute atomic E-state index is 12.8. The number of ether oxygens (including phenoxy) is 2. The fourth-order valence-electron chi connectivity index (χ4n) is 3.66. The molecule has 0 saturated carbocycles. The number of rotatable bonds is 9. The Morgan fingerprint density at radius 1 is 0.971 bits per heavy atom. The number of halogens is 1. The van der Waals surface area contributed by atoms with Gasteiger partial charge in [-0.05, 0) is 60.4 Å². The van der Waals surface area contributed by atoms with E-state index < -0.39 is 12.1 Å². The van der Waals surface area contributed by atoms with Crippen LogP contribution in [0.1, 0.15) is 29.2 Å². The molecule has 0 atom stereocenters. The highest BCUT2D eigenvalue weighted by molar-refractivity contribution is 6.30. The molecule has 1 amide bonds. The van der Waals surface area contributed by atoms with Crippen LogP contribution in [0, 0.1) is 6.92 Å². The van der Waals surface area contributed by atoms with Gasteiger partial charge in [-0.25, -0.2) is 4.79 Å². The number of benzene rings is 3. The van der Waals surface area contributed by atoms with Gasteiger partial charge in [0.1, 0.15) is 12.4 Å². The predicted octanol–water partition coefficient (Wildman–Crippen LogP) is 6.11. The Labute approximate surface area is 204 Å². The minimum absolute atomic E-state index is 0.0871. The molecule has 1 N–H and O–H groups in total. The quantitative estimate of drug-likeness (QED) is 0.399. The zero-order chi connectivity index (χ0) is 24.7. The van der Waals surface area contributed by atoms with E-state index >= 15 is 0 Å². The monoisotopic (exact) mass is 481 g/mol. The van der Waals surface area contributed by atoms with Crippen LogP contribution in [0.5, 0.6) is 5.75 Å². The molecule has 0 heterocycles. The lowest BCUT2D eigenvalue weighted by Gasteiger charge is -2.23. The number of aliphatic carboxylic acids is 1. The van der Waals surface area contributed by atoms with Gasteiger partial charge in [0.25, 0.3) is 0 Å². The van der Waals surface area contributed by atoms with Crippen molar-refractivity contribution in [2.24, 2.45) is 0 Å². The normalized spacial score (nSPS) is 10.6. The maximum Gasteiger partial charge on any atom is 0.410 e. The number of carboxylic acid groups (broad SMARTS) is 1. The first kappa shape index (κ1) is 25.1. The standard InChI is InChI=1S/C27H28ClNO5/c1-4-29(27(32)34-17-19-6-10-22(28)11-7-19)16-21-9-5-18(2)13-23(21)24-14-20(15-26(30)31)8-12-25(24)33-3/h5-14H,4,15-17H2,1-3H3,(H,30,31). The molecule has 3 aromatic carbocycles. The lowest BCUT2D eigenvalue weighted by Crippen LogP contribution is -2.31. The summed E-state index contributed by atoms with van der Waals surface area (Å²) in [6.07, 6.45) is -0.508. The maximum atomic E-state index is 12.8. The van der Waals surface area contributed by atoms with E-state index in [0.717, 1.165) is 27.8 Å². The topological polar surface area (TPSA) is 76.1 Å². The van der Waals surface area contributed by atoms with Crippen molar-refractivity contribution in [2.45, 2.75) is 33.4 Å². The number of hydrogen-bond donors (Lipinski definition) is 1. The number of amides is 1. The summed E-state index contributed by atoms with van der Waals surface area (Å²) in [7, 11) is 1.58. The summed E-state index contributed by atoms with van der Waals surface area (Å²) in [5.41, 5.74) is 5.13. The fourth-order valence-corrected chi connectivity index (χ4v) is 3.78. The van der Waals surface area contributed by atoms with Gasteiger partial charge < -0.3 is 19.5 Å². The Balaban J connectivity index is 1.87. The van der Waals surface area contributed by atoms with Crippen molar-refractivity contribution >= 4 is 23.7 Å². The van der Waals surface area contributed by atoms with E-state index in [9.17, 15) is 14.7 Å². The summed E-state index contributed by atoms with van der Waals surface area (Å²) in [5, 5.41) is 9.84. The van der Waals surface area contributed by atoms with E-state index in [2.05, 4.69) is 0 Å². The first-order chi connectivity index (χ1) is 16.3. The summed E-state index contributed by atoms with van der Waals surface area (Å²) in [6, 6.07) is 18.5. The van der Waals surface area contributed by atoms with Crippen molar-refractivity contribution < 1.29 is 24.2 Å². The van der Waals surface area contributed by atoms with E-state index in [4.69, 9.17) is 21.1 Å². The van der Waals surface area contributed by atoms with Crippen LogP contribution in [0.4, 0.5) is 4.79 Å². The van der Waals surface area contributed by atoms with Gasteiger partial charge in [0.05, 0.1) is 13.5 Å². The zero-order valence-corrected chi connectivity index (χ0v) is 20.3. The van der Waals surface area contributed by atoms with Crippen LogP contribution >= 0.6 is 11.6 Å². The third-order valence-corrected chi connectivity index (χ3v) is 5.70. The van der Waals surface area contributed by atoms with E-state index in [0.29, 0.717) is 29.4 Å². The van der Waals surface area contributed by atoms with Crippen LogP contribution in [-0.4, -0.2) is 35.7 Å².